The molecule has 1 atom stereocenters. The summed E-state index contributed by atoms with van der Waals surface area (Å²) in [5.74, 6) is -1.57. The van der Waals surface area contributed by atoms with E-state index in [0.29, 0.717) is 0 Å². The molecule has 0 saturated heterocycles. The van der Waals surface area contributed by atoms with E-state index in [2.05, 4.69) is 15.5 Å². The van der Waals surface area contributed by atoms with Gasteiger partial charge in [-0.15, -0.1) is 0 Å². The van der Waals surface area contributed by atoms with Crippen LogP contribution < -0.4 is 5.43 Å². The van der Waals surface area contributed by atoms with Gasteiger partial charge in [0.25, 0.3) is 5.91 Å². The molecule has 0 aliphatic carbocycles. The van der Waals surface area contributed by atoms with E-state index in [1.165, 1.54) is 6.08 Å². The molecule has 1 unspecified atom stereocenters. The number of carbonyl (C=O) groups is 2. The molecule has 0 aromatic heterocycles. The minimum absolute atomic E-state index is 0.0731. The zero-order chi connectivity index (χ0) is 11.9. The molecule has 6 heteroatoms. The van der Waals surface area contributed by atoms with Gasteiger partial charge in [-0.3, -0.25) is 4.79 Å². The number of dihydropyridines is 1. The number of fused-ring (bicyclic) bond motifs is 1. The van der Waals surface area contributed by atoms with Crippen LogP contribution in [0, 0.1) is 11.8 Å². The predicted molar refractivity (Wildman–Crippen MR) is 57.1 cm³/mol. The average Bonchev–Trinajstić information content (AvgIpc) is 2.59. The van der Waals surface area contributed by atoms with E-state index in [-0.39, 0.29) is 23.4 Å². The van der Waals surface area contributed by atoms with E-state index in [1.54, 1.807) is 0 Å². The van der Waals surface area contributed by atoms with Gasteiger partial charge < -0.3 is 5.11 Å². The fourth-order valence-electron chi connectivity index (χ4n) is 1.76. The Bertz CT molecular complexity index is 460. The number of hydrogen-bond acceptors (Lipinski definition) is 4. The zero-order valence-electron chi connectivity index (χ0n) is 8.89. The first-order valence-electron chi connectivity index (χ1n) is 4.91. The summed E-state index contributed by atoms with van der Waals surface area (Å²) in [4.78, 5) is 26.2. The van der Waals surface area contributed by atoms with Crippen molar-refractivity contribution >= 4 is 23.4 Å². The first kappa shape index (κ1) is 10.5. The Hall–Kier alpha value is -1.98. The smallest absolute Gasteiger partial charge is 0.354 e. The van der Waals surface area contributed by atoms with Gasteiger partial charge in [0.05, 0.1) is 0 Å². The first-order chi connectivity index (χ1) is 7.50. The molecule has 2 aliphatic heterocycles. The van der Waals surface area contributed by atoms with Crippen molar-refractivity contribution in [1.82, 2.24) is 5.43 Å². The van der Waals surface area contributed by atoms with Crippen LogP contribution in [0.25, 0.3) is 0 Å². The summed E-state index contributed by atoms with van der Waals surface area (Å²) in [5.41, 5.74) is 2.98. The van der Waals surface area contributed by atoms with Gasteiger partial charge in [-0.05, 0) is 17.6 Å². The molecule has 2 rings (SSSR count). The lowest BCUT2D eigenvalue weighted by atomic mass is 9.86. The lowest BCUT2D eigenvalue weighted by molar-refractivity contribution is -0.129. The van der Waals surface area contributed by atoms with Crippen molar-refractivity contribution in [3.63, 3.8) is 0 Å². The summed E-state index contributed by atoms with van der Waals surface area (Å²) in [6.45, 7) is 3.81. The van der Waals surface area contributed by atoms with Crippen molar-refractivity contribution in [3.8, 4) is 0 Å². The van der Waals surface area contributed by atoms with E-state index in [4.69, 9.17) is 5.11 Å². The van der Waals surface area contributed by atoms with Gasteiger partial charge in [-0.1, -0.05) is 13.8 Å². The highest BCUT2D eigenvalue weighted by Crippen LogP contribution is 2.28. The van der Waals surface area contributed by atoms with E-state index < -0.39 is 11.9 Å². The van der Waals surface area contributed by atoms with Crippen LogP contribution in [0.5, 0.6) is 0 Å². The van der Waals surface area contributed by atoms with Crippen molar-refractivity contribution in [3.05, 3.63) is 11.6 Å². The van der Waals surface area contributed by atoms with Crippen molar-refractivity contribution < 1.29 is 14.7 Å². The molecular weight excluding hydrogens is 210 g/mol. The molecule has 2 heterocycles. The SMILES string of the molecule is CC(C)C1=CC(C(=O)O)=NC2=NNC(=O)C12. The van der Waals surface area contributed by atoms with E-state index in [1.807, 2.05) is 13.8 Å². The summed E-state index contributed by atoms with van der Waals surface area (Å²) in [7, 11) is 0. The fraction of sp³-hybridized carbons (Fsp3) is 0.400. The van der Waals surface area contributed by atoms with Gasteiger partial charge in [0.1, 0.15) is 11.6 Å². The highest BCUT2D eigenvalue weighted by atomic mass is 16.4. The number of nitrogens with one attached hydrogen (secondary N) is 1. The third-order valence-electron chi connectivity index (χ3n) is 2.56. The molecule has 0 saturated carbocycles. The largest absolute Gasteiger partial charge is 0.477 e. The maximum absolute atomic E-state index is 11.5. The maximum atomic E-state index is 11.5. The zero-order valence-corrected chi connectivity index (χ0v) is 8.89. The molecule has 0 aromatic rings. The van der Waals surface area contributed by atoms with Gasteiger partial charge >= 0.3 is 5.97 Å². The topological polar surface area (TPSA) is 91.1 Å². The molecule has 84 valence electrons. The number of aliphatic imine (C=N–C) groups is 1. The Labute approximate surface area is 91.8 Å². The average molecular weight is 221 g/mol. The molecule has 2 aliphatic rings. The van der Waals surface area contributed by atoms with Gasteiger partial charge in [0.15, 0.2) is 5.84 Å². The van der Waals surface area contributed by atoms with Crippen LogP contribution >= 0.6 is 0 Å². The Balaban J connectivity index is 2.48. The molecule has 0 radical (unpaired) electrons. The van der Waals surface area contributed by atoms with Crippen molar-refractivity contribution in [2.45, 2.75) is 13.8 Å². The second-order valence-corrected chi connectivity index (χ2v) is 3.98. The lowest BCUT2D eigenvalue weighted by Gasteiger charge is -2.20. The fourth-order valence-corrected chi connectivity index (χ4v) is 1.76. The molecule has 2 N–H and O–H groups in total. The number of hydrogen-bond donors (Lipinski definition) is 2. The molecule has 0 aromatic carbocycles. The van der Waals surface area contributed by atoms with Gasteiger partial charge in [0, 0.05) is 0 Å². The molecular formula is C10H11N3O3. The quantitative estimate of drug-likeness (QED) is 0.696. The number of carbonyl (C=O) groups excluding carboxylic acids is 1. The van der Waals surface area contributed by atoms with Crippen LogP contribution in [0.1, 0.15) is 13.8 Å². The van der Waals surface area contributed by atoms with E-state index in [9.17, 15) is 9.59 Å². The first-order valence-corrected chi connectivity index (χ1v) is 4.91. The number of aliphatic carboxylic acids is 1. The van der Waals surface area contributed by atoms with Gasteiger partial charge in [-0.25, -0.2) is 15.2 Å². The molecule has 0 fully saturated rings. The van der Waals surface area contributed by atoms with Crippen LogP contribution in [0.4, 0.5) is 0 Å². The lowest BCUT2D eigenvalue weighted by Crippen LogP contribution is -2.31. The minimum atomic E-state index is -1.11. The van der Waals surface area contributed by atoms with Crippen LogP contribution in [-0.4, -0.2) is 28.5 Å². The Morgan fingerprint density at radius 3 is 2.81 bits per heavy atom. The Morgan fingerprint density at radius 1 is 1.56 bits per heavy atom. The maximum Gasteiger partial charge on any atom is 0.354 e. The number of hydrazone groups is 1. The normalized spacial score (nSPS) is 23.3. The third-order valence-corrected chi connectivity index (χ3v) is 2.56. The van der Waals surface area contributed by atoms with E-state index in [0.717, 1.165) is 5.57 Å². The van der Waals surface area contributed by atoms with Crippen molar-refractivity contribution in [2.75, 3.05) is 0 Å². The monoisotopic (exact) mass is 221 g/mol. The Kier molecular flexibility index (Phi) is 2.34. The molecule has 16 heavy (non-hydrogen) atoms. The molecule has 0 spiro atoms. The predicted octanol–water partition coefficient (Wildman–Crippen LogP) is 0.167. The second kappa shape index (κ2) is 3.55. The summed E-state index contributed by atoms with van der Waals surface area (Å²) in [5, 5.41) is 12.6. The van der Waals surface area contributed by atoms with Crippen LogP contribution in [0.3, 0.4) is 0 Å². The summed E-state index contributed by atoms with van der Waals surface area (Å²) < 4.78 is 0. The van der Waals surface area contributed by atoms with Gasteiger partial charge in [-0.2, -0.15) is 5.10 Å². The summed E-state index contributed by atoms with van der Waals surface area (Å²) >= 11 is 0. The number of rotatable bonds is 2. The molecule has 0 bridgehead atoms. The van der Waals surface area contributed by atoms with E-state index >= 15 is 0 Å². The summed E-state index contributed by atoms with van der Waals surface area (Å²) in [6.07, 6.45) is 1.46. The molecule has 6 nitrogen and oxygen atoms in total. The van der Waals surface area contributed by atoms with Crippen molar-refractivity contribution in [1.29, 1.82) is 0 Å². The van der Waals surface area contributed by atoms with Crippen LogP contribution in [0.2, 0.25) is 0 Å². The van der Waals surface area contributed by atoms with Gasteiger partial charge in [0.2, 0.25) is 0 Å². The molecule has 1 amide bonds. The highest BCUT2D eigenvalue weighted by molar-refractivity contribution is 6.43. The summed E-state index contributed by atoms with van der Waals surface area (Å²) in [6, 6.07) is 0. The van der Waals surface area contributed by atoms with Crippen LogP contribution in [-0.2, 0) is 9.59 Å². The number of amides is 1. The Morgan fingerprint density at radius 2 is 2.25 bits per heavy atom. The second-order valence-electron chi connectivity index (χ2n) is 3.98. The number of nitrogens with zero attached hydrogens (tertiary/aromatic N) is 2. The number of carboxylic acid groups (broad SMARTS) is 1. The highest BCUT2D eigenvalue weighted by Gasteiger charge is 2.38. The minimum Gasteiger partial charge on any atom is -0.477 e. The number of amidine groups is 1. The number of carboxylic acids is 1. The standard InChI is InChI=1S/C10H11N3O3/c1-4(2)5-3-6(10(15)16)11-8-7(5)9(14)13-12-8/h3-4,7H,1-2H3,(H,13,14)(H,15,16). The van der Waals surface area contributed by atoms with Crippen LogP contribution in [0.15, 0.2) is 21.7 Å². The van der Waals surface area contributed by atoms with Crippen molar-refractivity contribution in [2.24, 2.45) is 21.9 Å². The third kappa shape index (κ3) is 1.52.